The van der Waals surface area contributed by atoms with Gasteiger partial charge in [-0.1, -0.05) is 18.2 Å². The number of nitro benzene ring substituents is 1. The minimum Gasteiger partial charge on any atom is -0.846 e. The Kier molecular flexibility index (Phi) is 21.9. The van der Waals surface area contributed by atoms with Crippen LogP contribution in [0.15, 0.2) is 118 Å². The zero-order valence-corrected chi connectivity index (χ0v) is 44.7. The van der Waals surface area contributed by atoms with Crippen molar-refractivity contribution in [2.45, 2.75) is 26.5 Å². The molecule has 0 spiro atoms. The van der Waals surface area contributed by atoms with Gasteiger partial charge in [-0.05, 0) is 71.8 Å². The van der Waals surface area contributed by atoms with E-state index in [1.165, 1.54) is 30.4 Å². The second kappa shape index (κ2) is 23.7. The second-order valence-corrected chi connectivity index (χ2v) is 17.1. The molecule has 0 unspecified atom stereocenters. The zero-order chi connectivity index (χ0) is 44.4. The van der Waals surface area contributed by atoms with Gasteiger partial charge in [0.25, 0.3) is 15.8 Å². The van der Waals surface area contributed by atoms with Crippen LogP contribution in [0.1, 0.15) is 18.1 Å². The molecular formula is C31H21N9Na4O16S4. The molecule has 1 amide bonds. The Bertz CT molecular complexity index is 3280. The third-order valence-electron chi connectivity index (χ3n) is 7.36. The molecule has 33 heteroatoms. The first-order valence-electron chi connectivity index (χ1n) is 15.7. The normalized spacial score (nSPS) is 14.8. The number of amides is 1. The van der Waals surface area contributed by atoms with E-state index in [1.54, 1.807) is 0 Å². The SMILES string of the molecule is CC(=O)N=C1C=C(N=c2nc([O-])[nH]c(=Nc3cc(S(=O)(=O)[O-])ccc3S(=O)(=O)[O-])[nH]2)C=CC1=NNc1ccc(/C=C/c2ccc([N+](=O)[O-])c(S(=O)(=O)[O-])c2)c(S(=O)(=O)O)c1.[Na+].[Na+].[Na+].[Na+]. The largest absolute Gasteiger partial charge is 1.00 e. The molecule has 1 aliphatic carbocycles. The molecule has 0 aliphatic heterocycles. The molecule has 0 radical (unpaired) electrons. The molecule has 25 nitrogen and oxygen atoms in total. The molecule has 4 aromatic rings. The number of hydrogen-bond donors (Lipinski definition) is 4. The van der Waals surface area contributed by atoms with Crippen molar-refractivity contribution in [1.82, 2.24) is 15.0 Å². The van der Waals surface area contributed by atoms with Gasteiger partial charge >= 0.3 is 118 Å². The molecule has 0 fully saturated rings. The van der Waals surface area contributed by atoms with Gasteiger partial charge in [0.15, 0.2) is 0 Å². The van der Waals surface area contributed by atoms with Crippen LogP contribution >= 0.6 is 0 Å². The van der Waals surface area contributed by atoms with Gasteiger partial charge in [-0.3, -0.25) is 29.9 Å². The molecule has 0 saturated carbocycles. The van der Waals surface area contributed by atoms with E-state index in [0.717, 1.165) is 37.3 Å². The summed E-state index contributed by atoms with van der Waals surface area (Å²) in [6.45, 7) is 1.09. The van der Waals surface area contributed by atoms with Gasteiger partial charge < -0.3 is 23.7 Å². The number of anilines is 1. The molecular weight excluding hydrogens is 975 g/mol. The number of nitrogens with zero attached hydrogens (tertiary/aromatic N) is 6. The monoisotopic (exact) mass is 995 g/mol. The molecule has 0 atom stereocenters. The maximum absolute atomic E-state index is 12.3. The number of nitro groups is 1. The molecule has 314 valence electrons. The van der Waals surface area contributed by atoms with Crippen molar-refractivity contribution >= 4 is 87.0 Å². The summed E-state index contributed by atoms with van der Waals surface area (Å²) in [7, 11) is -20.6. The maximum Gasteiger partial charge on any atom is 1.00 e. The van der Waals surface area contributed by atoms with Crippen LogP contribution in [0, 0.1) is 10.1 Å². The van der Waals surface area contributed by atoms with Crippen molar-refractivity contribution < 1.29 is 185 Å². The summed E-state index contributed by atoms with van der Waals surface area (Å²) in [6.07, 6.45) is 5.94. The van der Waals surface area contributed by atoms with Crippen molar-refractivity contribution in [3.63, 3.8) is 0 Å². The standard InChI is InChI=1S/C31H25N9O16S4.4Na/c1-16(41)32-23-13-19(33-29-35-30(37-31(42)36-29)34-24-15-21(57(45,46)47)8-11-26(24)58(48,49)50)7-9-22(23)39-38-20-6-5-18(27(14-20)59(51,52)53)4-2-17-3-10-25(40(43)44)28(12-17)60(54,55)56;;;;/h2-15,38H,1H3,(H,45,46,47)(H,48,49,50)(H,51,52,53)(H,54,55,56)(H3,33,34,35,36,37,42);;;;/q;4*+1/p-4/b4-2+,32-23?,39-22?;;;;. The fourth-order valence-corrected chi connectivity index (χ4v) is 7.36. The molecule has 1 aromatic heterocycles. The average Bonchev–Trinajstić information content (AvgIpc) is 3.11. The van der Waals surface area contributed by atoms with Gasteiger partial charge in [0.05, 0.1) is 43.5 Å². The van der Waals surface area contributed by atoms with Crippen LogP contribution in [0.2, 0.25) is 0 Å². The summed E-state index contributed by atoms with van der Waals surface area (Å²) in [4.78, 5) is 38.0. The van der Waals surface area contributed by atoms with E-state index in [0.29, 0.717) is 24.3 Å². The van der Waals surface area contributed by atoms with Gasteiger partial charge in [-0.15, -0.1) is 0 Å². The molecule has 1 heterocycles. The van der Waals surface area contributed by atoms with Crippen LogP contribution in [0.3, 0.4) is 0 Å². The van der Waals surface area contributed by atoms with Crippen LogP contribution in [0.25, 0.3) is 12.2 Å². The van der Waals surface area contributed by atoms with E-state index in [2.05, 4.69) is 40.5 Å². The van der Waals surface area contributed by atoms with Crippen molar-refractivity contribution in [2.24, 2.45) is 20.1 Å². The Balaban J connectivity index is 0.00000512. The quantitative estimate of drug-likeness (QED) is 0.0271. The molecule has 0 saturated heterocycles. The van der Waals surface area contributed by atoms with E-state index in [4.69, 9.17) is 0 Å². The van der Waals surface area contributed by atoms with Crippen molar-refractivity contribution in [3.8, 4) is 6.01 Å². The van der Waals surface area contributed by atoms with Crippen molar-refractivity contribution in [2.75, 3.05) is 5.43 Å². The predicted molar refractivity (Wildman–Crippen MR) is 198 cm³/mol. The first-order valence-corrected chi connectivity index (χ1v) is 21.3. The van der Waals surface area contributed by atoms with Crippen LogP contribution in [0.5, 0.6) is 6.01 Å². The average molecular weight is 996 g/mol. The number of aromatic nitrogens is 3. The second-order valence-electron chi connectivity index (χ2n) is 11.6. The van der Waals surface area contributed by atoms with Crippen molar-refractivity contribution in [1.29, 1.82) is 0 Å². The molecule has 5 rings (SSSR count). The summed E-state index contributed by atoms with van der Waals surface area (Å²) in [6, 6.07) is 6.46. The number of aromatic amines is 2. The topological polar surface area (TPSA) is 415 Å². The Morgan fingerprint density at radius 3 is 2.02 bits per heavy atom. The van der Waals surface area contributed by atoms with Crippen molar-refractivity contribution in [3.05, 3.63) is 111 Å². The Morgan fingerprint density at radius 1 is 0.781 bits per heavy atom. The van der Waals surface area contributed by atoms with Gasteiger partial charge in [-0.2, -0.15) is 13.5 Å². The molecule has 4 N–H and O–H groups in total. The number of nitrogens with one attached hydrogen (secondary N) is 3. The minimum atomic E-state index is -5.28. The third-order valence-corrected chi connectivity index (χ3v) is 10.8. The first-order chi connectivity index (χ1) is 27.8. The summed E-state index contributed by atoms with van der Waals surface area (Å²) in [5, 5.41) is 27.6. The number of carbonyl (C=O) groups excluding carboxylic acids is 1. The van der Waals surface area contributed by atoms with Gasteiger partial charge in [0.2, 0.25) is 17.1 Å². The first kappa shape index (κ1) is 59.2. The third kappa shape index (κ3) is 16.2. The number of hydrazone groups is 1. The number of H-pyrrole nitrogens is 2. The molecule has 3 aromatic carbocycles. The Morgan fingerprint density at radius 2 is 1.44 bits per heavy atom. The van der Waals surface area contributed by atoms with Crippen LogP contribution in [-0.4, -0.2) is 89.1 Å². The van der Waals surface area contributed by atoms with Crippen LogP contribution < -0.4 is 140 Å². The number of rotatable bonds is 11. The summed E-state index contributed by atoms with van der Waals surface area (Å²) < 4.78 is 139. The number of benzene rings is 3. The zero-order valence-electron chi connectivity index (χ0n) is 33.5. The van der Waals surface area contributed by atoms with Crippen LogP contribution in [-0.2, 0) is 45.3 Å². The van der Waals surface area contributed by atoms with Gasteiger partial charge in [0.1, 0.15) is 45.9 Å². The van der Waals surface area contributed by atoms with E-state index in [-0.39, 0.29) is 152 Å². The fraction of sp³-hybridized carbons (Fsp3) is 0.0323. The Hall–Kier alpha value is -2.86. The fourth-order valence-electron chi connectivity index (χ4n) is 4.89. The molecule has 64 heavy (non-hydrogen) atoms. The number of carbonyl (C=O) groups is 1. The summed E-state index contributed by atoms with van der Waals surface area (Å²) >= 11 is 0. The van der Waals surface area contributed by atoms with E-state index in [1.807, 2.05) is 0 Å². The predicted octanol–water partition coefficient (Wildman–Crippen LogP) is -12.1. The molecule has 1 aliphatic rings. The van der Waals surface area contributed by atoms with Gasteiger partial charge in [0, 0.05) is 13.0 Å². The Labute approximate surface area is 450 Å². The van der Waals surface area contributed by atoms with E-state index >= 15 is 0 Å². The van der Waals surface area contributed by atoms with Crippen LogP contribution in [0.4, 0.5) is 17.1 Å². The smallest absolute Gasteiger partial charge is 0.846 e. The number of hydrogen-bond acceptors (Lipinski definition) is 20. The summed E-state index contributed by atoms with van der Waals surface area (Å²) in [5.74, 6) is -0.727. The van der Waals surface area contributed by atoms with Gasteiger partial charge in [-0.25, -0.2) is 45.2 Å². The molecule has 0 bridgehead atoms. The van der Waals surface area contributed by atoms with E-state index in [9.17, 15) is 71.9 Å². The minimum absolute atomic E-state index is 0. The maximum atomic E-state index is 12.3. The number of aliphatic imine (C=N–C) groups is 1. The van der Waals surface area contributed by atoms with E-state index < -0.39 is 99.5 Å². The number of allylic oxidation sites excluding steroid dienone is 3. The summed E-state index contributed by atoms with van der Waals surface area (Å²) in [5.41, 5.74) is -0.918.